The summed E-state index contributed by atoms with van der Waals surface area (Å²) < 4.78 is 5.35. The van der Waals surface area contributed by atoms with Crippen LogP contribution >= 0.6 is 0 Å². The minimum atomic E-state index is -0.324. The Labute approximate surface area is 83.1 Å². The Hall–Kier alpha value is -1.35. The van der Waals surface area contributed by atoms with Crippen molar-refractivity contribution in [1.82, 2.24) is 5.32 Å². The number of nitrogens with one attached hydrogen (secondary N) is 1. The molecule has 1 saturated heterocycles. The van der Waals surface area contributed by atoms with E-state index in [1.807, 2.05) is 30.3 Å². The predicted octanol–water partition coefficient (Wildman–Crippen LogP) is 1.26. The third-order valence-corrected chi connectivity index (χ3v) is 2.40. The van der Waals surface area contributed by atoms with Gasteiger partial charge in [0.15, 0.2) is 0 Å². The summed E-state index contributed by atoms with van der Waals surface area (Å²) in [7, 11) is 0. The van der Waals surface area contributed by atoms with E-state index >= 15 is 0 Å². The molecule has 0 aliphatic carbocycles. The van der Waals surface area contributed by atoms with Crippen LogP contribution in [0, 0.1) is 0 Å². The van der Waals surface area contributed by atoms with E-state index in [9.17, 15) is 4.79 Å². The van der Waals surface area contributed by atoms with Gasteiger partial charge in [-0.2, -0.15) is 0 Å². The molecule has 74 valence electrons. The Kier molecular flexibility index (Phi) is 2.50. The van der Waals surface area contributed by atoms with Crippen molar-refractivity contribution in [3.8, 4) is 0 Å². The monoisotopic (exact) mass is 191 g/mol. The van der Waals surface area contributed by atoms with E-state index in [1.54, 1.807) is 6.92 Å². The first kappa shape index (κ1) is 9.21. The van der Waals surface area contributed by atoms with Gasteiger partial charge in [-0.25, -0.2) is 0 Å². The van der Waals surface area contributed by atoms with E-state index in [-0.39, 0.29) is 18.1 Å². The predicted molar refractivity (Wildman–Crippen MR) is 52.7 cm³/mol. The lowest BCUT2D eigenvalue weighted by molar-refractivity contribution is -0.139. The topological polar surface area (TPSA) is 38.3 Å². The molecule has 14 heavy (non-hydrogen) atoms. The highest BCUT2D eigenvalue weighted by molar-refractivity contribution is 5.81. The summed E-state index contributed by atoms with van der Waals surface area (Å²) in [4.78, 5) is 11.3. The molecular weight excluding hydrogens is 178 g/mol. The molecule has 1 aromatic carbocycles. The van der Waals surface area contributed by atoms with Crippen molar-refractivity contribution in [2.75, 3.05) is 6.61 Å². The number of carbonyl (C=O) groups is 1. The number of rotatable bonds is 1. The van der Waals surface area contributed by atoms with Crippen molar-refractivity contribution in [2.24, 2.45) is 0 Å². The highest BCUT2D eigenvalue weighted by atomic mass is 16.5. The zero-order valence-electron chi connectivity index (χ0n) is 8.07. The normalized spacial score (nSPS) is 27.1. The summed E-state index contributed by atoms with van der Waals surface area (Å²) in [5.41, 5.74) is 1.09. The molecule has 1 N–H and O–H groups in total. The first-order valence-corrected chi connectivity index (χ1v) is 4.74. The highest BCUT2D eigenvalue weighted by Crippen LogP contribution is 2.17. The molecule has 2 atom stereocenters. The maximum Gasteiger partial charge on any atom is 0.249 e. The molecule has 0 aromatic heterocycles. The molecule has 1 aliphatic heterocycles. The number of carbonyl (C=O) groups excluding carboxylic acids is 1. The largest absolute Gasteiger partial charge is 0.366 e. The average Bonchev–Trinajstić information content (AvgIpc) is 2.23. The molecule has 0 saturated carbocycles. The van der Waals surface area contributed by atoms with Crippen LogP contribution in [0.25, 0.3) is 0 Å². The van der Waals surface area contributed by atoms with E-state index in [0.29, 0.717) is 6.61 Å². The summed E-state index contributed by atoms with van der Waals surface area (Å²) in [6.45, 7) is 2.31. The van der Waals surface area contributed by atoms with E-state index < -0.39 is 0 Å². The van der Waals surface area contributed by atoms with Crippen LogP contribution in [0.1, 0.15) is 18.5 Å². The van der Waals surface area contributed by atoms with Gasteiger partial charge in [0, 0.05) is 0 Å². The van der Waals surface area contributed by atoms with Crippen LogP contribution in [-0.4, -0.2) is 18.6 Å². The van der Waals surface area contributed by atoms with Crippen LogP contribution in [0.2, 0.25) is 0 Å². The zero-order chi connectivity index (χ0) is 9.97. The van der Waals surface area contributed by atoms with Crippen molar-refractivity contribution in [1.29, 1.82) is 0 Å². The maximum atomic E-state index is 11.3. The van der Waals surface area contributed by atoms with Gasteiger partial charge in [0.05, 0.1) is 12.6 Å². The lowest BCUT2D eigenvalue weighted by Gasteiger charge is -2.27. The summed E-state index contributed by atoms with van der Waals surface area (Å²) in [5, 5.41) is 2.92. The number of hydrogen-bond donors (Lipinski definition) is 1. The van der Waals surface area contributed by atoms with Crippen LogP contribution in [0.4, 0.5) is 0 Å². The summed E-state index contributed by atoms with van der Waals surface area (Å²) >= 11 is 0. The third-order valence-electron chi connectivity index (χ3n) is 2.40. The van der Waals surface area contributed by atoms with Crippen LogP contribution < -0.4 is 5.32 Å². The van der Waals surface area contributed by atoms with E-state index in [4.69, 9.17) is 4.74 Å². The molecule has 3 heteroatoms. The van der Waals surface area contributed by atoms with E-state index in [0.717, 1.165) is 5.56 Å². The van der Waals surface area contributed by atoms with Gasteiger partial charge >= 0.3 is 0 Å². The molecule has 1 aliphatic rings. The Balaban J connectivity index is 2.11. The van der Waals surface area contributed by atoms with Crippen molar-refractivity contribution in [3.63, 3.8) is 0 Å². The molecular formula is C11H13NO2. The van der Waals surface area contributed by atoms with Crippen LogP contribution in [-0.2, 0) is 9.53 Å². The first-order valence-electron chi connectivity index (χ1n) is 4.74. The fourth-order valence-corrected chi connectivity index (χ4v) is 1.51. The van der Waals surface area contributed by atoms with Crippen LogP contribution in [0.15, 0.2) is 30.3 Å². The first-order chi connectivity index (χ1) is 6.77. The fraction of sp³-hybridized carbons (Fsp3) is 0.364. The fourth-order valence-electron chi connectivity index (χ4n) is 1.51. The second-order valence-electron chi connectivity index (χ2n) is 3.45. The van der Waals surface area contributed by atoms with E-state index in [2.05, 4.69) is 5.32 Å². The second-order valence-corrected chi connectivity index (χ2v) is 3.45. The second kappa shape index (κ2) is 3.80. The van der Waals surface area contributed by atoms with Crippen molar-refractivity contribution in [2.45, 2.75) is 19.1 Å². The number of benzene rings is 1. The number of ether oxygens (including phenoxy) is 1. The van der Waals surface area contributed by atoms with Crippen molar-refractivity contribution < 1.29 is 9.53 Å². The molecule has 1 fully saturated rings. The number of hydrogen-bond acceptors (Lipinski definition) is 2. The summed E-state index contributed by atoms with van der Waals surface area (Å²) in [6, 6.07) is 9.85. The molecule has 1 heterocycles. The lowest BCUT2D eigenvalue weighted by Crippen LogP contribution is -2.44. The molecule has 1 unspecified atom stereocenters. The standard InChI is InChI=1S/C11H13NO2/c1-8-11(13)12-10(7-14-8)9-5-3-2-4-6-9/h2-6,8,10H,7H2,1H3,(H,12,13)/t8?,10-/m0/s1. The van der Waals surface area contributed by atoms with Crippen molar-refractivity contribution >= 4 is 5.91 Å². The quantitative estimate of drug-likeness (QED) is 0.725. The Morgan fingerprint density at radius 2 is 2.07 bits per heavy atom. The van der Waals surface area contributed by atoms with Gasteiger partial charge in [-0.15, -0.1) is 0 Å². The lowest BCUT2D eigenvalue weighted by atomic mass is 10.1. The molecule has 2 rings (SSSR count). The molecule has 0 spiro atoms. The third kappa shape index (κ3) is 1.77. The summed E-state index contributed by atoms with van der Waals surface area (Å²) in [5.74, 6) is -0.0369. The molecule has 1 amide bonds. The Morgan fingerprint density at radius 3 is 2.71 bits per heavy atom. The van der Waals surface area contributed by atoms with Gasteiger partial charge in [0.1, 0.15) is 6.10 Å². The minimum Gasteiger partial charge on any atom is -0.366 e. The van der Waals surface area contributed by atoms with Gasteiger partial charge < -0.3 is 10.1 Å². The molecule has 0 bridgehead atoms. The molecule has 3 nitrogen and oxygen atoms in total. The van der Waals surface area contributed by atoms with Crippen molar-refractivity contribution in [3.05, 3.63) is 35.9 Å². The number of morpholine rings is 1. The minimum absolute atomic E-state index is 0.0000926. The van der Waals surface area contributed by atoms with Gasteiger partial charge in [-0.3, -0.25) is 4.79 Å². The highest BCUT2D eigenvalue weighted by Gasteiger charge is 2.25. The summed E-state index contributed by atoms with van der Waals surface area (Å²) in [6.07, 6.45) is -0.324. The molecule has 1 aromatic rings. The SMILES string of the molecule is CC1OC[C@@H](c2ccccc2)NC1=O. The van der Waals surface area contributed by atoms with Crippen LogP contribution in [0.5, 0.6) is 0 Å². The molecule has 0 radical (unpaired) electrons. The smallest absolute Gasteiger partial charge is 0.249 e. The van der Waals surface area contributed by atoms with Gasteiger partial charge in [0.25, 0.3) is 0 Å². The maximum absolute atomic E-state index is 11.3. The van der Waals surface area contributed by atoms with Gasteiger partial charge in [-0.05, 0) is 12.5 Å². The average molecular weight is 191 g/mol. The Morgan fingerprint density at radius 1 is 1.36 bits per heavy atom. The number of amides is 1. The van der Waals surface area contributed by atoms with E-state index in [1.165, 1.54) is 0 Å². The zero-order valence-corrected chi connectivity index (χ0v) is 8.07. The van der Waals surface area contributed by atoms with Crippen LogP contribution in [0.3, 0.4) is 0 Å². The van der Waals surface area contributed by atoms with Gasteiger partial charge in [0.2, 0.25) is 5.91 Å². The Bertz CT molecular complexity index is 323. The van der Waals surface area contributed by atoms with Gasteiger partial charge in [-0.1, -0.05) is 30.3 Å².